The van der Waals surface area contributed by atoms with Crippen LogP contribution in [0.4, 0.5) is 0 Å². The van der Waals surface area contributed by atoms with Gasteiger partial charge in [0, 0.05) is 45.1 Å². The van der Waals surface area contributed by atoms with Crippen LogP contribution in [-0.2, 0) is 9.59 Å². The summed E-state index contributed by atoms with van der Waals surface area (Å²) < 4.78 is 0. The molecule has 286 valence electrons. The summed E-state index contributed by atoms with van der Waals surface area (Å²) >= 11 is 0. The molecule has 0 aliphatic heterocycles. The average Bonchev–Trinajstić information content (AvgIpc) is 2.58. The van der Waals surface area contributed by atoms with E-state index in [4.69, 9.17) is 5.73 Å². The number of hydrogen-bond acceptors (Lipinski definition) is 3. The summed E-state index contributed by atoms with van der Waals surface area (Å²) in [5.41, 5.74) is 7.51. The van der Waals surface area contributed by atoms with Crippen LogP contribution in [0.15, 0.2) is 0 Å². The Labute approximate surface area is 295 Å². The van der Waals surface area contributed by atoms with Gasteiger partial charge in [-0.25, -0.2) is 0 Å². The zero-order valence-corrected chi connectivity index (χ0v) is 38.1. The van der Waals surface area contributed by atoms with Gasteiger partial charge < -0.3 is 15.5 Å². The third kappa shape index (κ3) is 132. The van der Waals surface area contributed by atoms with E-state index in [-0.39, 0.29) is 22.6 Å². The lowest BCUT2D eigenvalue weighted by Crippen LogP contribution is -2.33. The molecule has 0 spiro atoms. The maximum Gasteiger partial charge on any atom is 0.227 e. The molecular formula is C41H95N3O2. The van der Waals surface area contributed by atoms with Gasteiger partial charge in [0.15, 0.2) is 0 Å². The van der Waals surface area contributed by atoms with E-state index >= 15 is 0 Å². The largest absolute Gasteiger partial charge is 0.348 e. The number of nitrogens with zero attached hydrogens (tertiary/aromatic N) is 2. The van der Waals surface area contributed by atoms with Gasteiger partial charge in [0.05, 0.1) is 0 Å². The third-order valence-corrected chi connectivity index (χ3v) is 3.03. The van der Waals surface area contributed by atoms with Crippen molar-refractivity contribution in [3.8, 4) is 0 Å². The van der Waals surface area contributed by atoms with Gasteiger partial charge in [0.1, 0.15) is 0 Å². The van der Waals surface area contributed by atoms with E-state index in [9.17, 15) is 9.59 Å². The summed E-state index contributed by atoms with van der Waals surface area (Å²) in [5.74, 6) is 0.338. The van der Waals surface area contributed by atoms with Crippen LogP contribution in [0.5, 0.6) is 0 Å². The van der Waals surface area contributed by atoms with E-state index in [1.54, 1.807) is 38.0 Å². The van der Waals surface area contributed by atoms with Crippen LogP contribution in [-0.4, -0.2) is 55.8 Å². The minimum atomic E-state index is -0.233. The van der Waals surface area contributed by atoms with Gasteiger partial charge in [-0.2, -0.15) is 0 Å². The van der Waals surface area contributed by atoms with Gasteiger partial charge in [-0.1, -0.05) is 173 Å². The standard InChI is InChI=1S/2C7H15NO.C7H17N.4C5H12/c2*1-7(2,3)6(9)8(4)5;1-6(8)5-7(2,3)4;4*1-5(2,3)4/h2*1-5H3;6H,5,8H2,1-4H3;4*1-4H3. The highest BCUT2D eigenvalue weighted by atomic mass is 16.2. The average molecular weight is 662 g/mol. The lowest BCUT2D eigenvalue weighted by molar-refractivity contribution is -0.137. The van der Waals surface area contributed by atoms with E-state index in [0.29, 0.717) is 33.1 Å². The minimum absolute atomic E-state index is 0.169. The van der Waals surface area contributed by atoms with Crippen LogP contribution in [0.25, 0.3) is 0 Å². The van der Waals surface area contributed by atoms with Crippen molar-refractivity contribution < 1.29 is 9.59 Å². The second-order valence-corrected chi connectivity index (χ2v) is 22.6. The molecular weight excluding hydrogens is 566 g/mol. The number of carbonyl (C=O) groups excluding carboxylic acids is 2. The normalized spacial score (nSPS) is 12.4. The quantitative estimate of drug-likeness (QED) is 0.304. The zero-order chi connectivity index (χ0) is 40.1. The topological polar surface area (TPSA) is 66.6 Å². The van der Waals surface area contributed by atoms with Crippen LogP contribution in [0, 0.1) is 37.9 Å². The molecule has 0 heterocycles. The highest BCUT2D eigenvalue weighted by Crippen LogP contribution is 2.19. The third-order valence-electron chi connectivity index (χ3n) is 3.03. The summed E-state index contributed by atoms with van der Waals surface area (Å²) in [5, 5.41) is 0. The zero-order valence-electron chi connectivity index (χ0n) is 38.1. The highest BCUT2D eigenvalue weighted by molar-refractivity contribution is 5.81. The maximum absolute atomic E-state index is 11.1. The fourth-order valence-corrected chi connectivity index (χ4v) is 2.31. The Morgan fingerprint density at radius 2 is 0.565 bits per heavy atom. The Bertz CT molecular complexity index is 613. The highest BCUT2D eigenvalue weighted by Gasteiger charge is 2.23. The monoisotopic (exact) mass is 662 g/mol. The number of nitrogens with two attached hydrogens (primary N) is 1. The maximum atomic E-state index is 11.1. The first-order valence-electron chi connectivity index (χ1n) is 17.3. The molecule has 2 N–H and O–H groups in total. The Kier molecular flexibility index (Phi) is 32.7. The second kappa shape index (κ2) is 25.0. The van der Waals surface area contributed by atoms with E-state index in [1.165, 1.54) is 0 Å². The van der Waals surface area contributed by atoms with E-state index in [1.807, 2.05) is 48.5 Å². The summed E-state index contributed by atoms with van der Waals surface area (Å²) in [6, 6.07) is 0.343. The molecule has 0 aromatic carbocycles. The molecule has 0 fully saturated rings. The Morgan fingerprint density at radius 3 is 0.565 bits per heavy atom. The molecule has 2 amide bonds. The van der Waals surface area contributed by atoms with Crippen molar-refractivity contribution in [2.45, 2.75) is 192 Å². The van der Waals surface area contributed by atoms with Crippen molar-refractivity contribution >= 4 is 11.8 Å². The van der Waals surface area contributed by atoms with Crippen molar-refractivity contribution in [3.05, 3.63) is 0 Å². The van der Waals surface area contributed by atoms with E-state index < -0.39 is 0 Å². The van der Waals surface area contributed by atoms with Crippen LogP contribution in [0.2, 0.25) is 0 Å². The summed E-state index contributed by atoms with van der Waals surface area (Å²) in [6.07, 6.45) is 1.10. The first-order valence-corrected chi connectivity index (χ1v) is 17.3. The molecule has 0 aromatic heterocycles. The molecule has 0 aliphatic rings. The fraction of sp³-hybridized carbons (Fsp3) is 0.951. The van der Waals surface area contributed by atoms with Gasteiger partial charge in [0.2, 0.25) is 11.8 Å². The number of hydrogen-bond donors (Lipinski definition) is 1. The van der Waals surface area contributed by atoms with Gasteiger partial charge in [-0.3, -0.25) is 9.59 Å². The predicted molar refractivity (Wildman–Crippen MR) is 215 cm³/mol. The van der Waals surface area contributed by atoms with E-state index in [0.717, 1.165) is 6.42 Å². The molecule has 1 atom stereocenters. The lowest BCUT2D eigenvalue weighted by Gasteiger charge is -2.21. The predicted octanol–water partition coefficient (Wildman–Crippen LogP) is 12.2. The number of amides is 2. The molecule has 5 heteroatoms. The molecule has 1 unspecified atom stereocenters. The molecule has 0 saturated heterocycles. The van der Waals surface area contributed by atoms with Crippen LogP contribution >= 0.6 is 0 Å². The first-order chi connectivity index (χ1) is 19.1. The summed E-state index contributed by atoms with van der Waals surface area (Å²) in [7, 11) is 7.09. The summed E-state index contributed by atoms with van der Waals surface area (Å²) in [4.78, 5) is 25.4. The number of carbonyl (C=O) groups is 2. The summed E-state index contributed by atoms with van der Waals surface area (Å²) in [6.45, 7) is 55.1. The first kappa shape index (κ1) is 60.2. The van der Waals surface area contributed by atoms with Crippen LogP contribution < -0.4 is 5.73 Å². The molecule has 5 nitrogen and oxygen atoms in total. The number of rotatable bonds is 1. The van der Waals surface area contributed by atoms with Crippen molar-refractivity contribution in [3.63, 3.8) is 0 Å². The fourth-order valence-electron chi connectivity index (χ4n) is 2.31. The van der Waals surface area contributed by atoms with Gasteiger partial charge >= 0.3 is 0 Å². The Balaban J connectivity index is -0.0000000785. The van der Waals surface area contributed by atoms with Crippen molar-refractivity contribution in [1.82, 2.24) is 9.80 Å². The molecule has 0 aliphatic carbocycles. The molecule has 0 saturated carbocycles. The molecule has 0 bridgehead atoms. The van der Waals surface area contributed by atoms with Gasteiger partial charge in [-0.05, 0) is 40.4 Å². The van der Waals surface area contributed by atoms with E-state index in [2.05, 4.69) is 132 Å². The Hall–Kier alpha value is -1.10. The molecule has 46 heavy (non-hydrogen) atoms. The van der Waals surface area contributed by atoms with Crippen LogP contribution in [0.3, 0.4) is 0 Å². The Morgan fingerprint density at radius 1 is 0.435 bits per heavy atom. The second-order valence-electron chi connectivity index (χ2n) is 22.6. The smallest absolute Gasteiger partial charge is 0.227 e. The lowest BCUT2D eigenvalue weighted by atomic mass is 9.89. The van der Waals surface area contributed by atoms with Crippen LogP contribution in [0.1, 0.15) is 186 Å². The van der Waals surface area contributed by atoms with Crippen molar-refractivity contribution in [1.29, 1.82) is 0 Å². The molecule has 0 radical (unpaired) electrons. The van der Waals surface area contributed by atoms with Crippen molar-refractivity contribution in [2.24, 2.45) is 43.6 Å². The molecule has 0 rings (SSSR count). The SMILES string of the molecule is CC(C)(C)C.CC(C)(C)C.CC(C)(C)C.CC(C)(C)C.CC(N)CC(C)(C)C.CN(C)C(=O)C(C)(C)C.CN(C)C(=O)C(C)(C)C. The minimum Gasteiger partial charge on any atom is -0.348 e. The van der Waals surface area contributed by atoms with Crippen molar-refractivity contribution in [2.75, 3.05) is 28.2 Å². The van der Waals surface area contributed by atoms with Gasteiger partial charge in [-0.15, -0.1) is 0 Å². The van der Waals surface area contributed by atoms with Gasteiger partial charge in [0.25, 0.3) is 0 Å². The molecule has 0 aromatic rings.